The number of aliphatic hydroxyl groups excluding tert-OH is 1. The number of nitrogens with two attached hydrogens (primary N) is 1. The number of piperazine rings is 1. The van der Waals surface area contributed by atoms with Crippen molar-refractivity contribution in [3.63, 3.8) is 0 Å². The standard InChI is InChI=1S/C11H25N3O/c1-10(2)14-6-4-13(5-7-14)8-11(3,12)9-15/h10,15H,4-9,12H2,1-3H3. The molecule has 1 aliphatic heterocycles. The molecule has 0 aliphatic carbocycles. The van der Waals surface area contributed by atoms with Gasteiger partial charge in [0.25, 0.3) is 0 Å². The van der Waals surface area contributed by atoms with Crippen LogP contribution in [0.3, 0.4) is 0 Å². The third-order valence-corrected chi connectivity index (χ3v) is 3.08. The summed E-state index contributed by atoms with van der Waals surface area (Å²) in [5.74, 6) is 0. The topological polar surface area (TPSA) is 52.7 Å². The Morgan fingerprint density at radius 2 is 1.80 bits per heavy atom. The SMILES string of the molecule is CC(C)N1CCN(CC(C)(N)CO)CC1. The molecule has 1 heterocycles. The Balaban J connectivity index is 2.32. The van der Waals surface area contributed by atoms with E-state index in [9.17, 15) is 0 Å². The molecule has 0 saturated carbocycles. The van der Waals surface area contributed by atoms with E-state index in [1.165, 1.54) is 0 Å². The Kier molecular flexibility index (Phi) is 4.52. The van der Waals surface area contributed by atoms with Crippen LogP contribution in [0, 0.1) is 0 Å². The Hall–Kier alpha value is -0.160. The number of hydrogen-bond acceptors (Lipinski definition) is 4. The summed E-state index contributed by atoms with van der Waals surface area (Å²) in [5.41, 5.74) is 5.48. The van der Waals surface area contributed by atoms with Gasteiger partial charge in [0, 0.05) is 44.3 Å². The van der Waals surface area contributed by atoms with Crippen LogP contribution in [0.2, 0.25) is 0 Å². The van der Waals surface area contributed by atoms with Gasteiger partial charge in [0.05, 0.1) is 6.61 Å². The molecule has 1 rings (SSSR count). The minimum Gasteiger partial charge on any atom is -0.394 e. The number of aliphatic hydroxyl groups is 1. The van der Waals surface area contributed by atoms with Crippen molar-refractivity contribution in [2.24, 2.45) is 5.73 Å². The molecular formula is C11H25N3O. The zero-order valence-electron chi connectivity index (χ0n) is 10.2. The monoisotopic (exact) mass is 215 g/mol. The predicted octanol–water partition coefficient (Wildman–Crippen LogP) is -0.278. The molecule has 1 atom stereocenters. The van der Waals surface area contributed by atoms with Gasteiger partial charge in [0.2, 0.25) is 0 Å². The molecule has 0 radical (unpaired) electrons. The van der Waals surface area contributed by atoms with E-state index in [0.29, 0.717) is 6.04 Å². The minimum atomic E-state index is -0.458. The normalized spacial score (nSPS) is 24.4. The van der Waals surface area contributed by atoms with Gasteiger partial charge in [0.15, 0.2) is 0 Å². The van der Waals surface area contributed by atoms with E-state index in [1.807, 2.05) is 6.92 Å². The van der Waals surface area contributed by atoms with Gasteiger partial charge in [-0.05, 0) is 20.8 Å². The first-order valence-electron chi connectivity index (χ1n) is 5.81. The highest BCUT2D eigenvalue weighted by atomic mass is 16.3. The molecule has 0 aromatic carbocycles. The van der Waals surface area contributed by atoms with Gasteiger partial charge < -0.3 is 10.8 Å². The third-order valence-electron chi connectivity index (χ3n) is 3.08. The maximum absolute atomic E-state index is 9.10. The molecule has 1 unspecified atom stereocenters. The molecule has 1 aliphatic rings. The lowest BCUT2D eigenvalue weighted by atomic mass is 10.0. The summed E-state index contributed by atoms with van der Waals surface area (Å²) in [6.07, 6.45) is 0. The Morgan fingerprint density at radius 1 is 1.27 bits per heavy atom. The highest BCUT2D eigenvalue weighted by Gasteiger charge is 2.25. The summed E-state index contributed by atoms with van der Waals surface area (Å²) in [5, 5.41) is 9.10. The van der Waals surface area contributed by atoms with E-state index in [0.717, 1.165) is 32.7 Å². The molecule has 0 spiro atoms. The lowest BCUT2D eigenvalue weighted by molar-refractivity contribution is 0.0792. The van der Waals surface area contributed by atoms with Crippen LogP contribution in [0.1, 0.15) is 20.8 Å². The molecule has 0 bridgehead atoms. The molecule has 0 amide bonds. The Bertz CT molecular complexity index is 186. The fraction of sp³-hybridized carbons (Fsp3) is 1.00. The van der Waals surface area contributed by atoms with Crippen LogP contribution in [-0.4, -0.2) is 65.8 Å². The van der Waals surface area contributed by atoms with Gasteiger partial charge >= 0.3 is 0 Å². The third kappa shape index (κ3) is 4.07. The van der Waals surface area contributed by atoms with Crippen LogP contribution >= 0.6 is 0 Å². The highest BCUT2D eigenvalue weighted by molar-refractivity contribution is 4.84. The van der Waals surface area contributed by atoms with Crippen molar-refractivity contribution >= 4 is 0 Å². The van der Waals surface area contributed by atoms with E-state index >= 15 is 0 Å². The van der Waals surface area contributed by atoms with Crippen molar-refractivity contribution in [3.05, 3.63) is 0 Å². The average molecular weight is 215 g/mol. The second kappa shape index (κ2) is 5.25. The summed E-state index contributed by atoms with van der Waals surface area (Å²) in [6, 6.07) is 0.634. The van der Waals surface area contributed by atoms with Crippen LogP contribution in [0.15, 0.2) is 0 Å². The van der Waals surface area contributed by atoms with Gasteiger partial charge in [-0.1, -0.05) is 0 Å². The van der Waals surface area contributed by atoms with Crippen LogP contribution in [-0.2, 0) is 0 Å². The largest absolute Gasteiger partial charge is 0.394 e. The van der Waals surface area contributed by atoms with Crippen molar-refractivity contribution in [3.8, 4) is 0 Å². The van der Waals surface area contributed by atoms with Crippen LogP contribution in [0.5, 0.6) is 0 Å². The Labute approximate surface area is 93.0 Å². The molecule has 1 saturated heterocycles. The minimum absolute atomic E-state index is 0.0530. The van der Waals surface area contributed by atoms with Gasteiger partial charge in [-0.15, -0.1) is 0 Å². The number of rotatable bonds is 4. The average Bonchev–Trinajstić information content (AvgIpc) is 2.18. The quantitative estimate of drug-likeness (QED) is 0.677. The summed E-state index contributed by atoms with van der Waals surface area (Å²) in [6.45, 7) is 11.6. The van der Waals surface area contributed by atoms with Crippen LogP contribution in [0.4, 0.5) is 0 Å². The van der Waals surface area contributed by atoms with Gasteiger partial charge in [-0.2, -0.15) is 0 Å². The lowest BCUT2D eigenvalue weighted by Crippen LogP contribution is -2.56. The van der Waals surface area contributed by atoms with E-state index in [1.54, 1.807) is 0 Å². The zero-order valence-corrected chi connectivity index (χ0v) is 10.2. The second-order valence-electron chi connectivity index (χ2n) is 5.22. The smallest absolute Gasteiger partial charge is 0.0621 e. The van der Waals surface area contributed by atoms with E-state index in [2.05, 4.69) is 23.6 Å². The molecule has 1 fully saturated rings. The Morgan fingerprint density at radius 3 is 2.20 bits per heavy atom. The van der Waals surface area contributed by atoms with Gasteiger partial charge in [0.1, 0.15) is 0 Å². The number of nitrogens with zero attached hydrogens (tertiary/aromatic N) is 2. The molecule has 0 aromatic rings. The summed E-state index contributed by atoms with van der Waals surface area (Å²) >= 11 is 0. The molecule has 4 heteroatoms. The van der Waals surface area contributed by atoms with Crippen molar-refractivity contribution < 1.29 is 5.11 Å². The number of hydrogen-bond donors (Lipinski definition) is 2. The lowest BCUT2D eigenvalue weighted by Gasteiger charge is -2.39. The maximum atomic E-state index is 9.10. The molecule has 3 N–H and O–H groups in total. The molecule has 0 aromatic heterocycles. The zero-order chi connectivity index (χ0) is 11.5. The van der Waals surface area contributed by atoms with Crippen molar-refractivity contribution in [1.82, 2.24) is 9.80 Å². The summed E-state index contributed by atoms with van der Waals surface area (Å²) < 4.78 is 0. The highest BCUT2D eigenvalue weighted by Crippen LogP contribution is 2.09. The fourth-order valence-corrected chi connectivity index (χ4v) is 2.00. The molecular weight excluding hydrogens is 190 g/mol. The second-order valence-corrected chi connectivity index (χ2v) is 5.22. The van der Waals surface area contributed by atoms with Crippen LogP contribution < -0.4 is 5.73 Å². The van der Waals surface area contributed by atoms with E-state index in [4.69, 9.17) is 10.8 Å². The van der Waals surface area contributed by atoms with E-state index in [-0.39, 0.29) is 6.61 Å². The summed E-state index contributed by atoms with van der Waals surface area (Å²) in [4.78, 5) is 4.82. The summed E-state index contributed by atoms with van der Waals surface area (Å²) in [7, 11) is 0. The first-order chi connectivity index (χ1) is 6.94. The van der Waals surface area contributed by atoms with E-state index < -0.39 is 5.54 Å². The van der Waals surface area contributed by atoms with Crippen molar-refractivity contribution in [1.29, 1.82) is 0 Å². The van der Waals surface area contributed by atoms with Gasteiger partial charge in [-0.3, -0.25) is 9.80 Å². The van der Waals surface area contributed by atoms with Crippen molar-refractivity contribution in [2.45, 2.75) is 32.4 Å². The van der Waals surface area contributed by atoms with Crippen molar-refractivity contribution in [2.75, 3.05) is 39.3 Å². The first kappa shape index (κ1) is 12.9. The fourth-order valence-electron chi connectivity index (χ4n) is 2.00. The van der Waals surface area contributed by atoms with Gasteiger partial charge in [-0.25, -0.2) is 0 Å². The maximum Gasteiger partial charge on any atom is 0.0621 e. The van der Waals surface area contributed by atoms with Crippen LogP contribution in [0.25, 0.3) is 0 Å². The predicted molar refractivity (Wildman–Crippen MR) is 62.8 cm³/mol. The molecule has 15 heavy (non-hydrogen) atoms. The first-order valence-corrected chi connectivity index (χ1v) is 5.81. The molecule has 90 valence electrons. The molecule has 4 nitrogen and oxygen atoms in total.